The zero-order valence-electron chi connectivity index (χ0n) is 20.8. The van der Waals surface area contributed by atoms with E-state index in [-0.39, 0.29) is 30.6 Å². The first-order valence-electron chi connectivity index (χ1n) is 12.2. The third-order valence-corrected chi connectivity index (χ3v) is 6.60. The van der Waals surface area contributed by atoms with Gasteiger partial charge in [-0.25, -0.2) is 4.79 Å². The maximum absolute atomic E-state index is 14.1. The van der Waals surface area contributed by atoms with E-state index in [1.807, 2.05) is 117 Å². The monoisotopic (exact) mass is 478 g/mol. The van der Waals surface area contributed by atoms with Gasteiger partial charge in [0.15, 0.2) is 0 Å². The van der Waals surface area contributed by atoms with E-state index >= 15 is 0 Å². The molecule has 3 amide bonds. The molecule has 0 fully saturated rings. The zero-order valence-corrected chi connectivity index (χ0v) is 20.8. The van der Waals surface area contributed by atoms with Crippen molar-refractivity contribution in [3.63, 3.8) is 0 Å². The number of hydrogen-bond donors (Lipinski definition) is 1. The number of rotatable bonds is 5. The number of carbonyl (C=O) groups is 2. The minimum absolute atomic E-state index is 0.0479. The average Bonchev–Trinajstić information content (AvgIpc) is 3.38. The molecular formula is C30H30N4O2. The summed E-state index contributed by atoms with van der Waals surface area (Å²) in [6, 6.07) is 28.9. The maximum atomic E-state index is 14.1. The van der Waals surface area contributed by atoms with Crippen LogP contribution < -0.4 is 10.2 Å². The van der Waals surface area contributed by atoms with E-state index in [1.54, 1.807) is 4.90 Å². The first kappa shape index (κ1) is 23.4. The fourth-order valence-electron chi connectivity index (χ4n) is 4.76. The highest BCUT2D eigenvalue weighted by Gasteiger charge is 2.37. The van der Waals surface area contributed by atoms with Crippen molar-refractivity contribution in [2.75, 3.05) is 16.8 Å². The fourth-order valence-corrected chi connectivity index (χ4v) is 4.76. The number of nitrogens with zero attached hydrogens (tertiary/aromatic N) is 3. The van der Waals surface area contributed by atoms with Crippen molar-refractivity contribution >= 4 is 23.3 Å². The summed E-state index contributed by atoms with van der Waals surface area (Å²) in [5.41, 5.74) is 5.60. The number of fused-ring (bicyclic) bond motifs is 3. The molecule has 5 rings (SSSR count). The number of para-hydroxylation sites is 2. The molecule has 0 aliphatic carbocycles. The Hall–Kier alpha value is -4.32. The van der Waals surface area contributed by atoms with Crippen LogP contribution in [-0.2, 0) is 4.79 Å². The van der Waals surface area contributed by atoms with E-state index in [2.05, 4.69) is 16.0 Å². The van der Waals surface area contributed by atoms with Gasteiger partial charge in [-0.2, -0.15) is 0 Å². The third kappa shape index (κ3) is 4.38. The molecule has 2 heterocycles. The summed E-state index contributed by atoms with van der Waals surface area (Å²) < 4.78 is 2.14. The normalized spacial score (nSPS) is 14.2. The standard InChI is InChI=1S/C30H30N4O2/c1-21(2)33(30(36)31-24-17-15-22(3)16-18-24)20-28(35)34-26-13-8-7-12-25(26)32-19-9-14-27(32)29(34)23-10-5-4-6-11-23/h4-19,21,29H,20H2,1-3H3,(H,31,36). The van der Waals surface area contributed by atoms with Crippen LogP contribution in [0.1, 0.15) is 36.7 Å². The lowest BCUT2D eigenvalue weighted by molar-refractivity contribution is -0.119. The largest absolute Gasteiger partial charge is 0.322 e. The number of benzene rings is 3. The number of carbonyl (C=O) groups excluding carboxylic acids is 2. The number of aromatic nitrogens is 1. The van der Waals surface area contributed by atoms with Crippen molar-refractivity contribution in [1.82, 2.24) is 9.47 Å². The van der Waals surface area contributed by atoms with Crippen LogP contribution >= 0.6 is 0 Å². The minimum Gasteiger partial charge on any atom is -0.316 e. The second kappa shape index (κ2) is 9.74. The van der Waals surface area contributed by atoms with Crippen molar-refractivity contribution in [3.8, 4) is 5.69 Å². The number of hydrogen-bond acceptors (Lipinski definition) is 2. The molecule has 0 spiro atoms. The molecule has 1 N–H and O–H groups in total. The van der Waals surface area contributed by atoms with Crippen LogP contribution in [0.2, 0.25) is 0 Å². The first-order chi connectivity index (χ1) is 17.4. The SMILES string of the molecule is Cc1ccc(NC(=O)N(CC(=O)N2c3ccccc3-n3cccc3C2c2ccccc2)C(C)C)cc1. The minimum atomic E-state index is -0.308. The molecule has 1 unspecified atom stereocenters. The Bertz CT molecular complexity index is 1380. The van der Waals surface area contributed by atoms with Crippen LogP contribution in [-0.4, -0.2) is 34.0 Å². The Kier molecular flexibility index (Phi) is 6.34. The van der Waals surface area contributed by atoms with Crippen molar-refractivity contribution in [2.45, 2.75) is 32.9 Å². The van der Waals surface area contributed by atoms with Gasteiger partial charge in [0.25, 0.3) is 0 Å². The third-order valence-electron chi connectivity index (χ3n) is 6.60. The topological polar surface area (TPSA) is 57.6 Å². The molecular weight excluding hydrogens is 448 g/mol. The molecule has 0 saturated carbocycles. The van der Waals surface area contributed by atoms with Gasteiger partial charge in [-0.3, -0.25) is 9.69 Å². The molecule has 3 aromatic carbocycles. The fraction of sp³-hybridized carbons (Fsp3) is 0.200. The van der Waals surface area contributed by atoms with Crippen molar-refractivity contribution < 1.29 is 9.59 Å². The molecule has 36 heavy (non-hydrogen) atoms. The van der Waals surface area contributed by atoms with Gasteiger partial charge >= 0.3 is 6.03 Å². The molecule has 182 valence electrons. The molecule has 6 nitrogen and oxygen atoms in total. The van der Waals surface area contributed by atoms with Crippen molar-refractivity contribution in [2.24, 2.45) is 0 Å². The molecule has 0 saturated heterocycles. The van der Waals surface area contributed by atoms with E-state index in [9.17, 15) is 9.59 Å². The second-order valence-electron chi connectivity index (χ2n) is 9.39. The van der Waals surface area contributed by atoms with Crippen molar-refractivity contribution in [3.05, 3.63) is 114 Å². The molecule has 4 aromatic rings. The Morgan fingerprint density at radius 1 is 0.861 bits per heavy atom. The van der Waals surface area contributed by atoms with Crippen LogP contribution in [0.25, 0.3) is 5.69 Å². The Balaban J connectivity index is 1.50. The average molecular weight is 479 g/mol. The van der Waals surface area contributed by atoms with Crippen LogP contribution in [0.4, 0.5) is 16.2 Å². The van der Waals surface area contributed by atoms with Gasteiger partial charge in [0.2, 0.25) is 5.91 Å². The number of aryl methyl sites for hydroxylation is 1. The first-order valence-corrected chi connectivity index (χ1v) is 12.2. The highest BCUT2D eigenvalue weighted by atomic mass is 16.2. The molecule has 1 aliphatic heterocycles. The Morgan fingerprint density at radius 3 is 2.22 bits per heavy atom. The summed E-state index contributed by atoms with van der Waals surface area (Å²) in [6.45, 7) is 5.80. The predicted molar refractivity (Wildman–Crippen MR) is 144 cm³/mol. The van der Waals surface area contributed by atoms with Gasteiger partial charge in [-0.05, 0) is 62.7 Å². The smallest absolute Gasteiger partial charge is 0.316 e. The number of urea groups is 1. The van der Waals surface area contributed by atoms with Gasteiger partial charge in [-0.1, -0.05) is 60.2 Å². The van der Waals surface area contributed by atoms with Crippen LogP contribution in [0.5, 0.6) is 0 Å². The summed E-state index contributed by atoms with van der Waals surface area (Å²) in [4.78, 5) is 30.8. The molecule has 1 atom stereocenters. The lowest BCUT2D eigenvalue weighted by Gasteiger charge is -2.40. The lowest BCUT2D eigenvalue weighted by atomic mass is 9.97. The van der Waals surface area contributed by atoms with Gasteiger partial charge < -0.3 is 14.8 Å². The summed E-state index contributed by atoms with van der Waals surface area (Å²) >= 11 is 0. The summed E-state index contributed by atoms with van der Waals surface area (Å²) in [5.74, 6) is -0.142. The molecule has 0 bridgehead atoms. The Labute approximate surface area is 211 Å². The zero-order chi connectivity index (χ0) is 25.2. The summed E-state index contributed by atoms with van der Waals surface area (Å²) in [6.07, 6.45) is 2.03. The lowest BCUT2D eigenvalue weighted by Crippen LogP contribution is -2.49. The van der Waals surface area contributed by atoms with Gasteiger partial charge in [0.05, 0.1) is 17.1 Å². The van der Waals surface area contributed by atoms with Crippen LogP contribution in [0, 0.1) is 6.92 Å². The number of amides is 3. The van der Waals surface area contributed by atoms with E-state index in [4.69, 9.17) is 0 Å². The van der Waals surface area contributed by atoms with E-state index < -0.39 is 0 Å². The van der Waals surface area contributed by atoms with Gasteiger partial charge in [-0.15, -0.1) is 0 Å². The van der Waals surface area contributed by atoms with Crippen molar-refractivity contribution in [1.29, 1.82) is 0 Å². The van der Waals surface area contributed by atoms with E-state index in [0.717, 1.165) is 28.2 Å². The number of nitrogens with one attached hydrogen (secondary N) is 1. The highest BCUT2D eigenvalue weighted by Crippen LogP contribution is 2.42. The predicted octanol–water partition coefficient (Wildman–Crippen LogP) is 6.16. The summed E-state index contributed by atoms with van der Waals surface area (Å²) in [5, 5.41) is 2.94. The molecule has 6 heteroatoms. The van der Waals surface area contributed by atoms with E-state index in [1.165, 1.54) is 0 Å². The molecule has 1 aromatic heterocycles. The van der Waals surface area contributed by atoms with Crippen LogP contribution in [0.3, 0.4) is 0 Å². The van der Waals surface area contributed by atoms with Crippen LogP contribution in [0.15, 0.2) is 97.2 Å². The highest BCUT2D eigenvalue weighted by molar-refractivity contribution is 6.01. The summed E-state index contributed by atoms with van der Waals surface area (Å²) in [7, 11) is 0. The quantitative estimate of drug-likeness (QED) is 0.373. The molecule has 1 aliphatic rings. The second-order valence-corrected chi connectivity index (χ2v) is 9.39. The van der Waals surface area contributed by atoms with E-state index in [0.29, 0.717) is 5.69 Å². The number of anilines is 2. The maximum Gasteiger partial charge on any atom is 0.322 e. The molecule has 0 radical (unpaired) electrons. The van der Waals surface area contributed by atoms with Gasteiger partial charge in [0, 0.05) is 17.9 Å². The van der Waals surface area contributed by atoms with Gasteiger partial charge in [0.1, 0.15) is 12.6 Å². The Morgan fingerprint density at radius 2 is 1.53 bits per heavy atom.